The number of amides is 1. The van der Waals surface area contributed by atoms with E-state index in [1.807, 2.05) is 0 Å². The van der Waals surface area contributed by atoms with Crippen LogP contribution < -0.4 is 14.8 Å². The van der Waals surface area contributed by atoms with Crippen molar-refractivity contribution in [3.8, 4) is 11.5 Å². The summed E-state index contributed by atoms with van der Waals surface area (Å²) in [6.45, 7) is -1.63. The maximum Gasteiger partial charge on any atom is 0.411 e. The molecule has 9 heteroatoms. The maximum absolute atomic E-state index is 11.9. The van der Waals surface area contributed by atoms with Gasteiger partial charge in [0.1, 0.15) is 22.6 Å². The number of rotatable bonds is 7. The Morgan fingerprint density at radius 3 is 2.23 bits per heavy atom. The summed E-state index contributed by atoms with van der Waals surface area (Å²) >= 11 is 3.27. The number of carbonyl (C=O) groups is 1. The first-order valence-electron chi connectivity index (χ1n) is 6.12. The van der Waals surface area contributed by atoms with Crippen molar-refractivity contribution in [3.05, 3.63) is 22.2 Å². The molecule has 1 aromatic carbocycles. The third-order valence-corrected chi connectivity index (χ3v) is 3.29. The number of hydrogen-bond donors (Lipinski definition) is 1. The van der Waals surface area contributed by atoms with Crippen LogP contribution in [0.15, 0.2) is 16.6 Å². The van der Waals surface area contributed by atoms with Gasteiger partial charge in [-0.2, -0.15) is 13.2 Å². The molecule has 0 aliphatic carbocycles. The molecule has 0 radical (unpaired) electrons. The Kier molecular flexibility index (Phi) is 6.95. The second kappa shape index (κ2) is 8.23. The zero-order valence-electron chi connectivity index (χ0n) is 11.9. The van der Waals surface area contributed by atoms with Gasteiger partial charge < -0.3 is 19.5 Å². The van der Waals surface area contributed by atoms with Crippen molar-refractivity contribution in [3.63, 3.8) is 0 Å². The molecule has 0 atom stereocenters. The van der Waals surface area contributed by atoms with E-state index in [-0.39, 0.29) is 18.7 Å². The first-order chi connectivity index (χ1) is 10.3. The predicted molar refractivity (Wildman–Crippen MR) is 76.5 cm³/mol. The Morgan fingerprint density at radius 1 is 1.23 bits per heavy atom. The van der Waals surface area contributed by atoms with Crippen LogP contribution in [0.2, 0.25) is 0 Å². The summed E-state index contributed by atoms with van der Waals surface area (Å²) in [5.74, 6) is 0.329. The van der Waals surface area contributed by atoms with Crippen LogP contribution in [-0.4, -0.2) is 46.1 Å². The van der Waals surface area contributed by atoms with Crippen molar-refractivity contribution < 1.29 is 32.2 Å². The molecule has 0 bridgehead atoms. The molecular formula is C13H15BrF3NO4. The molecule has 0 aliphatic rings. The van der Waals surface area contributed by atoms with E-state index < -0.39 is 18.7 Å². The molecule has 0 unspecified atom stereocenters. The normalized spacial score (nSPS) is 11.2. The first kappa shape index (κ1) is 18.6. The number of benzene rings is 1. The first-order valence-corrected chi connectivity index (χ1v) is 6.92. The molecule has 0 spiro atoms. The van der Waals surface area contributed by atoms with Gasteiger partial charge in [0.15, 0.2) is 0 Å². The van der Waals surface area contributed by atoms with Gasteiger partial charge in [-0.15, -0.1) is 0 Å². The van der Waals surface area contributed by atoms with Gasteiger partial charge in [-0.1, -0.05) is 0 Å². The van der Waals surface area contributed by atoms with E-state index >= 15 is 0 Å². The van der Waals surface area contributed by atoms with Gasteiger partial charge in [0, 0.05) is 12.1 Å². The van der Waals surface area contributed by atoms with Crippen molar-refractivity contribution in [1.29, 1.82) is 0 Å². The van der Waals surface area contributed by atoms with Gasteiger partial charge >= 0.3 is 6.18 Å². The summed E-state index contributed by atoms with van der Waals surface area (Å²) in [5, 5.41) is 2.45. The lowest BCUT2D eigenvalue weighted by Crippen LogP contribution is -2.29. The standard InChI is InChI=1S/C13H15BrF3NO4/c1-20-9-5-8(6-10(21-2)11(9)14)12(19)18-3-4-22-7-13(15,16)17/h5-6H,3-4,7H2,1-2H3,(H,18,19). The second-order valence-electron chi connectivity index (χ2n) is 4.12. The Bertz CT molecular complexity index is 497. The second-order valence-corrected chi connectivity index (χ2v) is 4.91. The number of ether oxygens (including phenoxy) is 3. The molecule has 124 valence electrons. The van der Waals surface area contributed by atoms with E-state index in [1.165, 1.54) is 26.4 Å². The zero-order chi connectivity index (χ0) is 16.8. The summed E-state index contributed by atoms with van der Waals surface area (Å²) in [6, 6.07) is 2.97. The molecule has 0 saturated carbocycles. The van der Waals surface area contributed by atoms with Crippen LogP contribution in [0.25, 0.3) is 0 Å². The fraction of sp³-hybridized carbons (Fsp3) is 0.462. The lowest BCUT2D eigenvalue weighted by Gasteiger charge is -2.12. The summed E-state index contributed by atoms with van der Waals surface area (Å²) in [6.07, 6.45) is -4.38. The molecule has 5 nitrogen and oxygen atoms in total. The van der Waals surface area contributed by atoms with E-state index in [0.29, 0.717) is 16.0 Å². The van der Waals surface area contributed by atoms with Gasteiger partial charge in [-0.05, 0) is 28.1 Å². The Morgan fingerprint density at radius 2 is 1.77 bits per heavy atom. The number of methoxy groups -OCH3 is 2. The van der Waals surface area contributed by atoms with Crippen molar-refractivity contribution in [2.45, 2.75) is 6.18 Å². The monoisotopic (exact) mass is 385 g/mol. The molecule has 0 aromatic heterocycles. The van der Waals surface area contributed by atoms with Crippen LogP contribution in [-0.2, 0) is 4.74 Å². The van der Waals surface area contributed by atoms with E-state index in [9.17, 15) is 18.0 Å². The minimum atomic E-state index is -4.38. The molecule has 1 N–H and O–H groups in total. The molecular weight excluding hydrogens is 371 g/mol. The highest BCUT2D eigenvalue weighted by Crippen LogP contribution is 2.35. The lowest BCUT2D eigenvalue weighted by atomic mass is 10.2. The summed E-state index contributed by atoms with van der Waals surface area (Å²) in [7, 11) is 2.87. The molecule has 0 saturated heterocycles. The third kappa shape index (κ3) is 5.72. The lowest BCUT2D eigenvalue weighted by molar-refractivity contribution is -0.173. The van der Waals surface area contributed by atoms with E-state index in [1.54, 1.807) is 0 Å². The molecule has 0 fully saturated rings. The Balaban J connectivity index is 2.59. The SMILES string of the molecule is COc1cc(C(=O)NCCOCC(F)(F)F)cc(OC)c1Br. The number of halogens is 4. The molecule has 1 rings (SSSR count). The predicted octanol–water partition coefficient (Wildman–Crippen LogP) is 2.78. The summed E-state index contributed by atoms with van der Waals surface area (Å²) < 4.78 is 50.8. The Hall–Kier alpha value is -1.48. The van der Waals surface area contributed by atoms with Gasteiger partial charge in [-0.25, -0.2) is 0 Å². The van der Waals surface area contributed by atoms with Crippen LogP contribution >= 0.6 is 15.9 Å². The fourth-order valence-electron chi connectivity index (χ4n) is 1.53. The van der Waals surface area contributed by atoms with Gasteiger partial charge in [0.25, 0.3) is 5.91 Å². The van der Waals surface area contributed by atoms with Crippen LogP contribution in [0.3, 0.4) is 0 Å². The van der Waals surface area contributed by atoms with Gasteiger partial charge in [-0.3, -0.25) is 4.79 Å². The molecule has 0 aliphatic heterocycles. The average molecular weight is 386 g/mol. The fourth-order valence-corrected chi connectivity index (χ4v) is 2.08. The van der Waals surface area contributed by atoms with E-state index in [0.717, 1.165) is 0 Å². The minimum absolute atomic E-state index is 0.0460. The van der Waals surface area contributed by atoms with Crippen LogP contribution in [0, 0.1) is 0 Å². The number of alkyl halides is 3. The molecule has 0 heterocycles. The largest absolute Gasteiger partial charge is 0.495 e. The average Bonchev–Trinajstić information content (AvgIpc) is 2.45. The highest BCUT2D eigenvalue weighted by molar-refractivity contribution is 9.10. The quantitative estimate of drug-likeness (QED) is 0.733. The topological polar surface area (TPSA) is 56.8 Å². The van der Waals surface area contributed by atoms with Crippen molar-refractivity contribution in [2.24, 2.45) is 0 Å². The maximum atomic E-state index is 11.9. The summed E-state index contributed by atoms with van der Waals surface area (Å²) in [4.78, 5) is 11.9. The van der Waals surface area contributed by atoms with Crippen LogP contribution in [0.4, 0.5) is 13.2 Å². The van der Waals surface area contributed by atoms with Crippen LogP contribution in [0.5, 0.6) is 11.5 Å². The van der Waals surface area contributed by atoms with Crippen molar-refractivity contribution in [2.75, 3.05) is 34.0 Å². The highest BCUT2D eigenvalue weighted by Gasteiger charge is 2.27. The zero-order valence-corrected chi connectivity index (χ0v) is 13.5. The number of nitrogens with one attached hydrogen (secondary N) is 1. The molecule has 22 heavy (non-hydrogen) atoms. The van der Waals surface area contributed by atoms with Crippen LogP contribution in [0.1, 0.15) is 10.4 Å². The Labute approximate surface area is 133 Å². The molecule has 1 amide bonds. The van der Waals surface area contributed by atoms with Crippen molar-refractivity contribution >= 4 is 21.8 Å². The smallest absolute Gasteiger partial charge is 0.411 e. The number of carbonyl (C=O) groups excluding carboxylic acids is 1. The minimum Gasteiger partial charge on any atom is -0.495 e. The van der Waals surface area contributed by atoms with Gasteiger partial charge in [0.2, 0.25) is 0 Å². The van der Waals surface area contributed by atoms with Crippen molar-refractivity contribution in [1.82, 2.24) is 5.32 Å². The summed E-state index contributed by atoms with van der Waals surface area (Å²) in [5.41, 5.74) is 0.257. The molecule has 1 aromatic rings. The van der Waals surface area contributed by atoms with E-state index in [4.69, 9.17) is 9.47 Å². The third-order valence-electron chi connectivity index (χ3n) is 2.51. The highest BCUT2D eigenvalue weighted by atomic mass is 79.9. The van der Waals surface area contributed by atoms with E-state index in [2.05, 4.69) is 26.0 Å². The number of hydrogen-bond acceptors (Lipinski definition) is 4. The van der Waals surface area contributed by atoms with Gasteiger partial charge in [0.05, 0.1) is 20.8 Å².